The first-order chi connectivity index (χ1) is 13.5. The number of carbonyl (C=O) groups is 1. The van der Waals surface area contributed by atoms with E-state index < -0.39 is 6.10 Å². The van der Waals surface area contributed by atoms with Crippen molar-refractivity contribution in [3.8, 4) is 5.75 Å². The van der Waals surface area contributed by atoms with Gasteiger partial charge in [0, 0.05) is 13.1 Å². The number of piperidine rings is 1. The summed E-state index contributed by atoms with van der Waals surface area (Å²) in [4.78, 5) is 14.9. The van der Waals surface area contributed by atoms with Gasteiger partial charge in [0.1, 0.15) is 5.75 Å². The first kappa shape index (κ1) is 20.4. The van der Waals surface area contributed by atoms with Gasteiger partial charge in [-0.05, 0) is 81.1 Å². The summed E-state index contributed by atoms with van der Waals surface area (Å²) < 4.78 is 5.81. The normalized spacial score (nSPS) is 15.8. The summed E-state index contributed by atoms with van der Waals surface area (Å²) in [5, 5.41) is 2.97. The van der Waals surface area contributed by atoms with Crippen LogP contribution in [-0.2, 0) is 17.9 Å². The summed E-state index contributed by atoms with van der Waals surface area (Å²) in [5.74, 6) is 0.638. The zero-order valence-electron chi connectivity index (χ0n) is 17.3. The third kappa shape index (κ3) is 6.10. The fourth-order valence-electron chi connectivity index (χ4n) is 3.73. The predicted octanol–water partition coefficient (Wildman–Crippen LogP) is 4.37. The van der Waals surface area contributed by atoms with Crippen LogP contribution in [0.25, 0.3) is 0 Å². The van der Waals surface area contributed by atoms with E-state index in [1.54, 1.807) is 6.92 Å². The summed E-state index contributed by atoms with van der Waals surface area (Å²) in [7, 11) is 0. The van der Waals surface area contributed by atoms with Crippen molar-refractivity contribution >= 4 is 5.91 Å². The van der Waals surface area contributed by atoms with E-state index in [2.05, 4.69) is 40.5 Å². The lowest BCUT2D eigenvalue weighted by Crippen LogP contribution is -2.35. The molecule has 150 valence electrons. The molecular formula is C24H32N2O2. The van der Waals surface area contributed by atoms with Gasteiger partial charge in [-0.2, -0.15) is 0 Å². The van der Waals surface area contributed by atoms with Crippen LogP contribution in [0.15, 0.2) is 42.5 Å². The average molecular weight is 381 g/mol. The molecule has 4 heteroatoms. The zero-order chi connectivity index (χ0) is 19.9. The number of benzene rings is 2. The third-order valence-electron chi connectivity index (χ3n) is 5.22. The number of hydrogen-bond acceptors (Lipinski definition) is 3. The summed E-state index contributed by atoms with van der Waals surface area (Å²) in [5.41, 5.74) is 4.71. The van der Waals surface area contributed by atoms with Crippen LogP contribution in [0.2, 0.25) is 0 Å². The highest BCUT2D eigenvalue weighted by atomic mass is 16.5. The van der Waals surface area contributed by atoms with Gasteiger partial charge in [-0.1, -0.05) is 36.8 Å². The SMILES string of the molecule is Cc1cc(C)cc(O[C@@H](C)C(=O)NCc2ccc(CN3CCCCC3)cc2)c1. The van der Waals surface area contributed by atoms with Crippen LogP contribution in [0.1, 0.15) is 48.4 Å². The number of rotatable bonds is 7. The number of nitrogens with one attached hydrogen (secondary N) is 1. The molecule has 1 aliphatic rings. The highest BCUT2D eigenvalue weighted by Crippen LogP contribution is 2.18. The number of carbonyl (C=O) groups excluding carboxylic acids is 1. The second kappa shape index (κ2) is 9.74. The van der Waals surface area contributed by atoms with Crippen molar-refractivity contribution in [3.63, 3.8) is 0 Å². The van der Waals surface area contributed by atoms with Crippen LogP contribution in [0, 0.1) is 13.8 Å². The molecule has 1 fully saturated rings. The molecule has 4 nitrogen and oxygen atoms in total. The van der Waals surface area contributed by atoms with Crippen molar-refractivity contribution in [1.29, 1.82) is 0 Å². The van der Waals surface area contributed by atoms with Crippen molar-refractivity contribution in [1.82, 2.24) is 10.2 Å². The van der Waals surface area contributed by atoms with E-state index in [4.69, 9.17) is 4.74 Å². The molecule has 1 amide bonds. The van der Waals surface area contributed by atoms with E-state index in [-0.39, 0.29) is 5.91 Å². The Morgan fingerprint density at radius 3 is 2.25 bits per heavy atom. The molecule has 0 unspecified atom stereocenters. The lowest BCUT2D eigenvalue weighted by atomic mass is 10.1. The van der Waals surface area contributed by atoms with Gasteiger partial charge in [0.25, 0.3) is 5.91 Å². The molecule has 0 saturated carbocycles. The first-order valence-corrected chi connectivity index (χ1v) is 10.3. The van der Waals surface area contributed by atoms with Crippen LogP contribution in [0.4, 0.5) is 0 Å². The molecular weight excluding hydrogens is 348 g/mol. The molecule has 0 bridgehead atoms. The predicted molar refractivity (Wildman–Crippen MR) is 113 cm³/mol. The second-order valence-corrected chi connectivity index (χ2v) is 7.95. The van der Waals surface area contributed by atoms with Crippen molar-refractivity contribution in [2.24, 2.45) is 0 Å². The largest absolute Gasteiger partial charge is 0.481 e. The molecule has 1 N–H and O–H groups in total. The lowest BCUT2D eigenvalue weighted by molar-refractivity contribution is -0.127. The Hall–Kier alpha value is -2.33. The molecule has 0 aromatic heterocycles. The van der Waals surface area contributed by atoms with Gasteiger partial charge in [0.15, 0.2) is 6.10 Å². The van der Waals surface area contributed by atoms with Crippen LogP contribution in [0.5, 0.6) is 5.75 Å². The summed E-state index contributed by atoms with van der Waals surface area (Å²) in [6.45, 7) is 9.79. The van der Waals surface area contributed by atoms with Crippen molar-refractivity contribution in [3.05, 3.63) is 64.7 Å². The number of nitrogens with zero attached hydrogens (tertiary/aromatic N) is 1. The maximum Gasteiger partial charge on any atom is 0.261 e. The van der Waals surface area contributed by atoms with Gasteiger partial charge in [-0.3, -0.25) is 9.69 Å². The number of ether oxygens (including phenoxy) is 1. The number of hydrogen-bond donors (Lipinski definition) is 1. The Morgan fingerprint density at radius 1 is 1.00 bits per heavy atom. The molecule has 1 heterocycles. The number of amides is 1. The molecule has 28 heavy (non-hydrogen) atoms. The van der Waals surface area contributed by atoms with Crippen molar-refractivity contribution in [2.45, 2.75) is 59.2 Å². The molecule has 2 aromatic carbocycles. The molecule has 1 aliphatic heterocycles. The van der Waals surface area contributed by atoms with E-state index >= 15 is 0 Å². The monoisotopic (exact) mass is 380 g/mol. The maximum absolute atomic E-state index is 12.4. The van der Waals surface area contributed by atoms with Gasteiger partial charge < -0.3 is 10.1 Å². The van der Waals surface area contributed by atoms with E-state index in [9.17, 15) is 4.79 Å². The summed E-state index contributed by atoms with van der Waals surface area (Å²) in [6.07, 6.45) is 3.46. The zero-order valence-corrected chi connectivity index (χ0v) is 17.3. The van der Waals surface area contributed by atoms with Crippen LogP contribution >= 0.6 is 0 Å². The molecule has 2 aromatic rings. The van der Waals surface area contributed by atoms with E-state index in [1.807, 2.05) is 26.0 Å². The Morgan fingerprint density at radius 2 is 1.61 bits per heavy atom. The maximum atomic E-state index is 12.4. The lowest BCUT2D eigenvalue weighted by Gasteiger charge is -2.26. The topological polar surface area (TPSA) is 41.6 Å². The Balaban J connectivity index is 1.46. The van der Waals surface area contributed by atoms with Crippen molar-refractivity contribution < 1.29 is 9.53 Å². The average Bonchev–Trinajstić information content (AvgIpc) is 2.67. The molecule has 1 saturated heterocycles. The van der Waals surface area contributed by atoms with E-state index in [1.165, 1.54) is 37.9 Å². The van der Waals surface area contributed by atoms with Crippen LogP contribution in [0.3, 0.4) is 0 Å². The minimum atomic E-state index is -0.528. The summed E-state index contributed by atoms with van der Waals surface area (Å²) >= 11 is 0. The highest BCUT2D eigenvalue weighted by Gasteiger charge is 2.15. The fourth-order valence-corrected chi connectivity index (χ4v) is 3.73. The number of aryl methyl sites for hydroxylation is 2. The quantitative estimate of drug-likeness (QED) is 0.775. The Bertz CT molecular complexity index is 759. The van der Waals surface area contributed by atoms with Crippen LogP contribution in [-0.4, -0.2) is 30.0 Å². The molecule has 0 spiro atoms. The molecule has 1 atom stereocenters. The molecule has 0 aliphatic carbocycles. The Labute approximate surface area is 168 Å². The first-order valence-electron chi connectivity index (χ1n) is 10.3. The molecule has 0 radical (unpaired) electrons. The van der Waals surface area contributed by atoms with Crippen LogP contribution < -0.4 is 10.1 Å². The van der Waals surface area contributed by atoms with E-state index in [0.29, 0.717) is 6.54 Å². The highest BCUT2D eigenvalue weighted by molar-refractivity contribution is 5.80. The minimum Gasteiger partial charge on any atom is -0.481 e. The second-order valence-electron chi connectivity index (χ2n) is 7.95. The fraction of sp³-hybridized carbons (Fsp3) is 0.458. The standard InChI is InChI=1S/C24H32N2O2/c1-18-13-19(2)15-23(14-18)28-20(3)24(27)25-16-21-7-9-22(10-8-21)17-26-11-5-4-6-12-26/h7-10,13-15,20H,4-6,11-12,16-17H2,1-3H3,(H,25,27)/t20-/m0/s1. The van der Waals surface area contributed by atoms with E-state index in [0.717, 1.165) is 29.0 Å². The van der Waals surface area contributed by atoms with Gasteiger partial charge in [0.05, 0.1) is 0 Å². The number of likely N-dealkylation sites (tertiary alicyclic amines) is 1. The minimum absolute atomic E-state index is 0.100. The van der Waals surface area contributed by atoms with Crippen molar-refractivity contribution in [2.75, 3.05) is 13.1 Å². The molecule has 3 rings (SSSR count). The van der Waals surface area contributed by atoms with Gasteiger partial charge >= 0.3 is 0 Å². The van der Waals surface area contributed by atoms with Gasteiger partial charge in [-0.15, -0.1) is 0 Å². The smallest absolute Gasteiger partial charge is 0.261 e. The Kier molecular flexibility index (Phi) is 7.10. The van der Waals surface area contributed by atoms with Gasteiger partial charge in [0.2, 0.25) is 0 Å². The van der Waals surface area contributed by atoms with Gasteiger partial charge in [-0.25, -0.2) is 0 Å². The summed E-state index contributed by atoms with van der Waals surface area (Å²) in [6, 6.07) is 14.6. The third-order valence-corrected chi connectivity index (χ3v) is 5.22.